The third-order valence-corrected chi connectivity index (χ3v) is 3.88. The van der Waals surface area contributed by atoms with Gasteiger partial charge in [-0.05, 0) is 30.5 Å². The number of hydrogen-bond acceptors (Lipinski definition) is 2. The van der Waals surface area contributed by atoms with Gasteiger partial charge in [0, 0.05) is 12.0 Å². The molecule has 1 fully saturated rings. The first-order valence-corrected chi connectivity index (χ1v) is 6.91. The molecule has 0 heterocycles. The number of thiocarbonyl (C=S) groups is 1. The molecule has 2 rings (SSSR count). The number of nitrogens with two attached hydrogens (primary N) is 1. The van der Waals surface area contributed by atoms with E-state index in [4.69, 9.17) is 18.0 Å². The molecule has 1 aromatic carbocycles. The highest BCUT2D eigenvalue weighted by atomic mass is 32.1. The van der Waals surface area contributed by atoms with Crippen molar-refractivity contribution in [3.8, 4) is 0 Å². The topological polar surface area (TPSA) is 55.1 Å². The van der Waals surface area contributed by atoms with Gasteiger partial charge in [-0.1, -0.05) is 24.7 Å². The van der Waals surface area contributed by atoms with Crippen molar-refractivity contribution in [2.75, 3.05) is 0 Å². The second-order valence-corrected chi connectivity index (χ2v) is 5.51. The Morgan fingerprint density at radius 1 is 1.35 bits per heavy atom. The van der Waals surface area contributed by atoms with Gasteiger partial charge in [0.15, 0.2) is 11.6 Å². The average molecular weight is 298 g/mol. The summed E-state index contributed by atoms with van der Waals surface area (Å²) in [5.41, 5.74) is 6.08. The molecule has 20 heavy (non-hydrogen) atoms. The van der Waals surface area contributed by atoms with Crippen LogP contribution >= 0.6 is 12.2 Å². The molecule has 1 aromatic rings. The fourth-order valence-corrected chi connectivity index (χ4v) is 2.85. The van der Waals surface area contributed by atoms with E-state index in [9.17, 15) is 13.6 Å². The second kappa shape index (κ2) is 6.26. The minimum absolute atomic E-state index is 0.0117. The Bertz CT molecular complexity index is 536. The Balaban J connectivity index is 1.95. The molecule has 0 aliphatic heterocycles. The highest BCUT2D eigenvalue weighted by Crippen LogP contribution is 2.26. The van der Waals surface area contributed by atoms with Crippen molar-refractivity contribution in [1.82, 2.24) is 5.32 Å². The predicted octanol–water partition coefficient (Wildman–Crippen LogP) is 2.08. The minimum atomic E-state index is -0.947. The first kappa shape index (κ1) is 14.8. The van der Waals surface area contributed by atoms with Crippen molar-refractivity contribution in [1.29, 1.82) is 0 Å². The molecule has 1 aliphatic carbocycles. The van der Waals surface area contributed by atoms with Crippen LogP contribution in [0, 0.1) is 17.6 Å². The molecule has 0 radical (unpaired) electrons. The minimum Gasteiger partial charge on any atom is -0.393 e. The molecular formula is C14H16F2N2OS. The molecule has 0 saturated heterocycles. The lowest BCUT2D eigenvalue weighted by Crippen LogP contribution is -2.42. The molecule has 0 bridgehead atoms. The van der Waals surface area contributed by atoms with Gasteiger partial charge in [0.05, 0.1) is 11.4 Å². The SMILES string of the molecule is NC(=S)C1CCCC1NC(=O)Cc1ccc(F)c(F)c1. The summed E-state index contributed by atoms with van der Waals surface area (Å²) in [6.07, 6.45) is 2.70. The van der Waals surface area contributed by atoms with Crippen LogP contribution in [0.15, 0.2) is 18.2 Å². The first-order chi connectivity index (χ1) is 9.47. The van der Waals surface area contributed by atoms with Gasteiger partial charge < -0.3 is 11.1 Å². The maximum absolute atomic E-state index is 13.1. The highest BCUT2D eigenvalue weighted by molar-refractivity contribution is 7.80. The summed E-state index contributed by atoms with van der Waals surface area (Å²) in [7, 11) is 0. The van der Waals surface area contributed by atoms with Crippen LogP contribution in [0.3, 0.4) is 0 Å². The molecule has 2 atom stereocenters. The monoisotopic (exact) mass is 298 g/mol. The average Bonchev–Trinajstić information content (AvgIpc) is 2.82. The molecule has 0 spiro atoms. The number of carbonyl (C=O) groups excluding carboxylic acids is 1. The van der Waals surface area contributed by atoms with Gasteiger partial charge in [0.25, 0.3) is 0 Å². The van der Waals surface area contributed by atoms with Gasteiger partial charge in [-0.25, -0.2) is 8.78 Å². The van der Waals surface area contributed by atoms with Crippen LogP contribution < -0.4 is 11.1 Å². The molecule has 3 nitrogen and oxygen atoms in total. The third-order valence-electron chi connectivity index (χ3n) is 3.58. The van der Waals surface area contributed by atoms with E-state index in [0.717, 1.165) is 31.4 Å². The zero-order valence-corrected chi connectivity index (χ0v) is 11.7. The largest absolute Gasteiger partial charge is 0.393 e. The molecule has 1 amide bonds. The Morgan fingerprint density at radius 3 is 2.75 bits per heavy atom. The van der Waals surface area contributed by atoms with Gasteiger partial charge in [-0.15, -0.1) is 0 Å². The Kier molecular flexibility index (Phi) is 4.65. The zero-order valence-electron chi connectivity index (χ0n) is 10.9. The van der Waals surface area contributed by atoms with Crippen LogP contribution in [0.5, 0.6) is 0 Å². The van der Waals surface area contributed by atoms with E-state index >= 15 is 0 Å². The second-order valence-electron chi connectivity index (χ2n) is 5.04. The number of nitrogens with one attached hydrogen (secondary N) is 1. The number of benzene rings is 1. The Morgan fingerprint density at radius 2 is 2.10 bits per heavy atom. The maximum atomic E-state index is 13.1. The fourth-order valence-electron chi connectivity index (χ4n) is 2.57. The summed E-state index contributed by atoms with van der Waals surface area (Å²) in [5.74, 6) is -2.07. The summed E-state index contributed by atoms with van der Waals surface area (Å²) in [6.45, 7) is 0. The number of halogens is 2. The quantitative estimate of drug-likeness (QED) is 0.837. The van der Waals surface area contributed by atoms with Crippen LogP contribution in [-0.4, -0.2) is 16.9 Å². The third kappa shape index (κ3) is 3.50. The lowest BCUT2D eigenvalue weighted by Gasteiger charge is -2.19. The van der Waals surface area contributed by atoms with E-state index in [2.05, 4.69) is 5.32 Å². The van der Waals surface area contributed by atoms with Crippen molar-refractivity contribution in [2.24, 2.45) is 11.7 Å². The van der Waals surface area contributed by atoms with Crippen molar-refractivity contribution in [3.63, 3.8) is 0 Å². The smallest absolute Gasteiger partial charge is 0.224 e. The van der Waals surface area contributed by atoms with E-state index < -0.39 is 11.6 Å². The Hall–Kier alpha value is -1.56. The fraction of sp³-hybridized carbons (Fsp3) is 0.429. The predicted molar refractivity (Wildman–Crippen MR) is 76.1 cm³/mol. The van der Waals surface area contributed by atoms with E-state index in [1.54, 1.807) is 0 Å². The van der Waals surface area contributed by atoms with E-state index in [1.165, 1.54) is 6.07 Å². The lowest BCUT2D eigenvalue weighted by atomic mass is 10.0. The van der Waals surface area contributed by atoms with Gasteiger partial charge in [-0.2, -0.15) is 0 Å². The van der Waals surface area contributed by atoms with Crippen molar-refractivity contribution < 1.29 is 13.6 Å². The normalized spacial score (nSPS) is 21.7. The molecule has 6 heteroatoms. The molecular weight excluding hydrogens is 282 g/mol. The molecule has 1 saturated carbocycles. The number of rotatable bonds is 4. The summed E-state index contributed by atoms with van der Waals surface area (Å²) < 4.78 is 25.9. The lowest BCUT2D eigenvalue weighted by molar-refractivity contribution is -0.121. The summed E-state index contributed by atoms with van der Waals surface area (Å²) >= 11 is 4.98. The zero-order chi connectivity index (χ0) is 14.7. The first-order valence-electron chi connectivity index (χ1n) is 6.50. The Labute approximate surface area is 121 Å². The van der Waals surface area contributed by atoms with Gasteiger partial charge >= 0.3 is 0 Å². The molecule has 2 unspecified atom stereocenters. The van der Waals surface area contributed by atoms with Crippen molar-refractivity contribution in [3.05, 3.63) is 35.4 Å². The van der Waals surface area contributed by atoms with Gasteiger partial charge in [0.1, 0.15) is 0 Å². The van der Waals surface area contributed by atoms with Crippen LogP contribution in [0.2, 0.25) is 0 Å². The molecule has 1 aliphatic rings. The number of hydrogen-bond donors (Lipinski definition) is 2. The van der Waals surface area contributed by atoms with E-state index in [0.29, 0.717) is 10.6 Å². The summed E-state index contributed by atoms with van der Waals surface area (Å²) in [4.78, 5) is 12.3. The van der Waals surface area contributed by atoms with Crippen LogP contribution in [-0.2, 0) is 11.2 Å². The summed E-state index contributed by atoms with van der Waals surface area (Å²) in [6, 6.07) is 3.41. The van der Waals surface area contributed by atoms with Gasteiger partial charge in [-0.3, -0.25) is 4.79 Å². The van der Waals surface area contributed by atoms with Crippen LogP contribution in [0.4, 0.5) is 8.78 Å². The van der Waals surface area contributed by atoms with Crippen LogP contribution in [0.25, 0.3) is 0 Å². The standard InChI is InChI=1S/C14H16F2N2OS/c15-10-5-4-8(6-11(10)16)7-13(19)18-12-3-1-2-9(12)14(17)20/h4-6,9,12H,1-3,7H2,(H2,17,20)(H,18,19). The molecule has 108 valence electrons. The van der Waals surface area contributed by atoms with Crippen LogP contribution in [0.1, 0.15) is 24.8 Å². The molecule has 3 N–H and O–H groups in total. The van der Waals surface area contributed by atoms with E-state index in [-0.39, 0.29) is 24.3 Å². The highest BCUT2D eigenvalue weighted by Gasteiger charge is 2.30. The number of amides is 1. The maximum Gasteiger partial charge on any atom is 0.224 e. The number of carbonyl (C=O) groups is 1. The molecule has 0 aromatic heterocycles. The van der Waals surface area contributed by atoms with Crippen molar-refractivity contribution in [2.45, 2.75) is 31.7 Å². The van der Waals surface area contributed by atoms with Gasteiger partial charge in [0.2, 0.25) is 5.91 Å². The van der Waals surface area contributed by atoms with E-state index in [1.807, 2.05) is 0 Å². The summed E-state index contributed by atoms with van der Waals surface area (Å²) in [5, 5.41) is 2.87. The van der Waals surface area contributed by atoms with Crippen molar-refractivity contribution >= 4 is 23.1 Å².